The first kappa shape index (κ1) is 16.8. The molecule has 0 aliphatic heterocycles. The minimum absolute atomic E-state index is 0.0538. The van der Waals surface area contributed by atoms with Crippen molar-refractivity contribution in [2.24, 2.45) is 0 Å². The van der Waals surface area contributed by atoms with Gasteiger partial charge in [0.1, 0.15) is 6.61 Å². The molecule has 1 amide bonds. The maximum absolute atomic E-state index is 12.3. The van der Waals surface area contributed by atoms with E-state index in [1.54, 1.807) is 36.6 Å². The smallest absolute Gasteiger partial charge is 0.251 e. The number of carbonyl (C=O) groups is 1. The van der Waals surface area contributed by atoms with Crippen molar-refractivity contribution in [1.82, 2.24) is 10.3 Å². The number of carbonyl (C=O) groups excluding carboxylic acids is 1. The number of hydrogen-bond donors (Lipinski definition) is 1. The normalized spacial score (nSPS) is 14.6. The summed E-state index contributed by atoms with van der Waals surface area (Å²) in [6.45, 7) is 2.35. The standard InChI is InChI=1S/C18H22N2O3S/c1-12-19-15(11-24-12)10-23-16-8-7-13(9-17(16)22-2)18(21)20-14-5-3-4-6-14/h7-9,11,14H,3-6,10H2,1-2H3,(H,20,21). The lowest BCUT2D eigenvalue weighted by molar-refractivity contribution is 0.0937. The van der Waals surface area contributed by atoms with Crippen molar-refractivity contribution in [3.8, 4) is 11.5 Å². The van der Waals surface area contributed by atoms with Gasteiger partial charge in [-0.15, -0.1) is 11.3 Å². The van der Waals surface area contributed by atoms with Gasteiger partial charge in [-0.3, -0.25) is 4.79 Å². The van der Waals surface area contributed by atoms with Gasteiger partial charge in [-0.1, -0.05) is 12.8 Å². The predicted octanol–water partition coefficient (Wildman–Crippen LogP) is 3.71. The first-order valence-electron chi connectivity index (χ1n) is 8.18. The number of hydrogen-bond acceptors (Lipinski definition) is 5. The molecule has 0 spiro atoms. The van der Waals surface area contributed by atoms with Crippen LogP contribution in [0.5, 0.6) is 11.5 Å². The second-order valence-corrected chi connectivity index (χ2v) is 7.03. The van der Waals surface area contributed by atoms with Crippen LogP contribution in [-0.4, -0.2) is 24.0 Å². The largest absolute Gasteiger partial charge is 0.493 e. The van der Waals surface area contributed by atoms with Crippen molar-refractivity contribution in [2.75, 3.05) is 7.11 Å². The van der Waals surface area contributed by atoms with E-state index >= 15 is 0 Å². The van der Waals surface area contributed by atoms with Gasteiger partial charge >= 0.3 is 0 Å². The van der Waals surface area contributed by atoms with Crippen LogP contribution in [0, 0.1) is 6.92 Å². The molecule has 5 nitrogen and oxygen atoms in total. The van der Waals surface area contributed by atoms with Gasteiger partial charge in [0.05, 0.1) is 17.8 Å². The number of thiazole rings is 1. The predicted molar refractivity (Wildman–Crippen MR) is 93.9 cm³/mol. The third-order valence-electron chi connectivity index (χ3n) is 4.16. The number of nitrogens with one attached hydrogen (secondary N) is 1. The van der Waals surface area contributed by atoms with Gasteiger partial charge in [-0.25, -0.2) is 4.98 Å². The van der Waals surface area contributed by atoms with Gasteiger partial charge in [-0.05, 0) is 38.0 Å². The first-order chi connectivity index (χ1) is 11.7. The Bertz CT molecular complexity index is 708. The summed E-state index contributed by atoms with van der Waals surface area (Å²) in [4.78, 5) is 16.7. The summed E-state index contributed by atoms with van der Waals surface area (Å²) in [5.41, 5.74) is 1.48. The van der Waals surface area contributed by atoms with E-state index in [1.165, 1.54) is 12.8 Å². The molecular weight excluding hydrogens is 324 g/mol. The zero-order valence-electron chi connectivity index (χ0n) is 14.0. The van der Waals surface area contributed by atoms with E-state index in [-0.39, 0.29) is 5.91 Å². The zero-order chi connectivity index (χ0) is 16.9. The molecule has 1 aliphatic carbocycles. The Hall–Kier alpha value is -2.08. The van der Waals surface area contributed by atoms with E-state index in [0.29, 0.717) is 29.7 Å². The zero-order valence-corrected chi connectivity index (χ0v) is 14.8. The fourth-order valence-electron chi connectivity index (χ4n) is 2.89. The number of methoxy groups -OCH3 is 1. The Balaban J connectivity index is 1.66. The second kappa shape index (κ2) is 7.66. The molecule has 1 aromatic heterocycles. The molecular formula is C18H22N2O3S. The molecule has 24 heavy (non-hydrogen) atoms. The number of aryl methyl sites for hydroxylation is 1. The lowest BCUT2D eigenvalue weighted by Crippen LogP contribution is -2.32. The molecule has 128 valence electrons. The van der Waals surface area contributed by atoms with Crippen molar-refractivity contribution in [3.05, 3.63) is 39.8 Å². The third-order valence-corrected chi connectivity index (χ3v) is 4.98. The van der Waals surface area contributed by atoms with E-state index in [9.17, 15) is 4.79 Å². The number of benzene rings is 1. The maximum Gasteiger partial charge on any atom is 0.251 e. The molecule has 1 heterocycles. The number of ether oxygens (including phenoxy) is 2. The Kier molecular flexibility index (Phi) is 5.35. The van der Waals surface area contributed by atoms with Gasteiger partial charge in [0.25, 0.3) is 5.91 Å². The quantitative estimate of drug-likeness (QED) is 0.866. The summed E-state index contributed by atoms with van der Waals surface area (Å²) in [7, 11) is 1.58. The fourth-order valence-corrected chi connectivity index (χ4v) is 3.49. The van der Waals surface area contributed by atoms with E-state index in [0.717, 1.165) is 23.5 Å². The van der Waals surface area contributed by atoms with E-state index in [2.05, 4.69) is 10.3 Å². The van der Waals surface area contributed by atoms with Gasteiger partial charge in [0, 0.05) is 17.0 Å². The maximum atomic E-state index is 12.3. The van der Waals surface area contributed by atoms with Gasteiger partial charge < -0.3 is 14.8 Å². The number of aromatic nitrogens is 1. The van der Waals surface area contributed by atoms with Crippen LogP contribution in [0.2, 0.25) is 0 Å². The topological polar surface area (TPSA) is 60.5 Å². The summed E-state index contributed by atoms with van der Waals surface area (Å²) in [5, 5.41) is 6.07. The van der Waals surface area contributed by atoms with Crippen LogP contribution in [0.4, 0.5) is 0 Å². The molecule has 1 aliphatic rings. The van der Waals surface area contributed by atoms with Crippen molar-refractivity contribution in [3.63, 3.8) is 0 Å². The SMILES string of the molecule is COc1cc(C(=O)NC2CCCC2)ccc1OCc1csc(C)n1. The van der Waals surface area contributed by atoms with E-state index < -0.39 is 0 Å². The van der Waals surface area contributed by atoms with Crippen LogP contribution < -0.4 is 14.8 Å². The van der Waals surface area contributed by atoms with Crippen LogP contribution in [0.25, 0.3) is 0 Å². The lowest BCUT2D eigenvalue weighted by Gasteiger charge is -2.14. The lowest BCUT2D eigenvalue weighted by atomic mass is 10.1. The molecule has 1 aromatic carbocycles. The molecule has 1 N–H and O–H groups in total. The average molecular weight is 346 g/mol. The molecule has 3 rings (SSSR count). The Morgan fingerprint density at radius 1 is 1.33 bits per heavy atom. The minimum atomic E-state index is -0.0538. The minimum Gasteiger partial charge on any atom is -0.493 e. The summed E-state index contributed by atoms with van der Waals surface area (Å²) >= 11 is 1.60. The fraction of sp³-hybridized carbons (Fsp3) is 0.444. The Morgan fingerprint density at radius 3 is 2.79 bits per heavy atom. The van der Waals surface area contributed by atoms with Gasteiger partial charge in [0.2, 0.25) is 0 Å². The van der Waals surface area contributed by atoms with Crippen LogP contribution >= 0.6 is 11.3 Å². The van der Waals surface area contributed by atoms with Crippen LogP contribution in [0.1, 0.15) is 46.7 Å². The Labute approximate surface area is 146 Å². The molecule has 0 atom stereocenters. The highest BCUT2D eigenvalue weighted by atomic mass is 32.1. The number of rotatable bonds is 6. The number of nitrogens with zero attached hydrogens (tertiary/aromatic N) is 1. The average Bonchev–Trinajstić information content (AvgIpc) is 3.24. The molecule has 1 saturated carbocycles. The van der Waals surface area contributed by atoms with Crippen LogP contribution in [0.15, 0.2) is 23.6 Å². The summed E-state index contributed by atoms with van der Waals surface area (Å²) in [6, 6.07) is 5.58. The van der Waals surface area contributed by atoms with Gasteiger partial charge in [-0.2, -0.15) is 0 Å². The summed E-state index contributed by atoms with van der Waals surface area (Å²) in [5.74, 6) is 1.11. The van der Waals surface area contributed by atoms with Gasteiger partial charge in [0.15, 0.2) is 11.5 Å². The highest BCUT2D eigenvalue weighted by Gasteiger charge is 2.19. The summed E-state index contributed by atoms with van der Waals surface area (Å²) < 4.78 is 11.2. The molecule has 0 saturated heterocycles. The number of amides is 1. The second-order valence-electron chi connectivity index (χ2n) is 5.97. The van der Waals surface area contributed by atoms with Crippen LogP contribution in [0.3, 0.4) is 0 Å². The van der Waals surface area contributed by atoms with Crippen molar-refractivity contribution < 1.29 is 14.3 Å². The molecule has 0 radical (unpaired) electrons. The van der Waals surface area contributed by atoms with E-state index in [4.69, 9.17) is 9.47 Å². The summed E-state index contributed by atoms with van der Waals surface area (Å²) in [6.07, 6.45) is 4.52. The molecule has 0 unspecified atom stereocenters. The molecule has 2 aromatic rings. The van der Waals surface area contributed by atoms with E-state index in [1.807, 2.05) is 12.3 Å². The molecule has 1 fully saturated rings. The van der Waals surface area contributed by atoms with Crippen molar-refractivity contribution in [2.45, 2.75) is 45.3 Å². The first-order valence-corrected chi connectivity index (χ1v) is 9.06. The monoisotopic (exact) mass is 346 g/mol. The molecule has 0 bridgehead atoms. The Morgan fingerprint density at radius 2 is 2.12 bits per heavy atom. The van der Waals surface area contributed by atoms with Crippen molar-refractivity contribution >= 4 is 17.2 Å². The van der Waals surface area contributed by atoms with Crippen molar-refractivity contribution in [1.29, 1.82) is 0 Å². The molecule has 6 heteroatoms. The highest BCUT2D eigenvalue weighted by Crippen LogP contribution is 2.29. The highest BCUT2D eigenvalue weighted by molar-refractivity contribution is 7.09. The third kappa shape index (κ3) is 4.06. The van der Waals surface area contributed by atoms with Crippen LogP contribution in [-0.2, 0) is 6.61 Å².